The molecule has 28 heavy (non-hydrogen) atoms. The largest absolute Gasteiger partial charge is 0.449 e. The maximum absolute atomic E-state index is 12.3. The number of nitrogens with one attached hydrogen (secondary N) is 1. The van der Waals surface area contributed by atoms with Gasteiger partial charge in [-0.1, -0.05) is 31.4 Å². The summed E-state index contributed by atoms with van der Waals surface area (Å²) in [7, 11) is 0. The highest BCUT2D eigenvalue weighted by atomic mass is 16.5. The van der Waals surface area contributed by atoms with Crippen molar-refractivity contribution in [3.63, 3.8) is 0 Å². The molecule has 6 heteroatoms. The van der Waals surface area contributed by atoms with E-state index in [0.717, 1.165) is 38.4 Å². The molecule has 1 saturated heterocycles. The summed E-state index contributed by atoms with van der Waals surface area (Å²) in [5.74, 6) is -0.124. The zero-order valence-corrected chi connectivity index (χ0v) is 16.8. The van der Waals surface area contributed by atoms with E-state index in [4.69, 9.17) is 9.47 Å². The van der Waals surface area contributed by atoms with E-state index in [-0.39, 0.29) is 5.91 Å². The lowest BCUT2D eigenvalue weighted by Crippen LogP contribution is -2.38. The van der Waals surface area contributed by atoms with Crippen LogP contribution in [-0.2, 0) is 20.8 Å². The Hall–Kier alpha value is -1.92. The monoisotopic (exact) mass is 388 g/mol. The molecule has 1 aromatic carbocycles. The first-order valence-corrected chi connectivity index (χ1v) is 10.5. The normalized spacial score (nSPS) is 19.8. The number of nitrogens with zero attached hydrogens (tertiary/aromatic N) is 1. The van der Waals surface area contributed by atoms with Gasteiger partial charge >= 0.3 is 5.97 Å². The third-order valence-electron chi connectivity index (χ3n) is 5.64. The van der Waals surface area contributed by atoms with Gasteiger partial charge in [0.2, 0.25) is 0 Å². The minimum Gasteiger partial charge on any atom is -0.449 e. The van der Waals surface area contributed by atoms with E-state index >= 15 is 0 Å². The van der Waals surface area contributed by atoms with Gasteiger partial charge in [0.1, 0.15) is 0 Å². The third kappa shape index (κ3) is 6.31. The molecule has 1 N–H and O–H groups in total. The summed E-state index contributed by atoms with van der Waals surface area (Å²) in [6, 6.07) is 7.43. The van der Waals surface area contributed by atoms with E-state index in [1.807, 2.05) is 12.1 Å². The minimum absolute atomic E-state index is 0.220. The van der Waals surface area contributed by atoms with E-state index in [1.165, 1.54) is 32.1 Å². The van der Waals surface area contributed by atoms with Gasteiger partial charge < -0.3 is 14.8 Å². The molecule has 0 radical (unpaired) electrons. The van der Waals surface area contributed by atoms with E-state index < -0.39 is 12.1 Å². The number of hydrogen-bond donors (Lipinski definition) is 1. The van der Waals surface area contributed by atoms with Crippen LogP contribution in [0.4, 0.5) is 0 Å². The smallest absolute Gasteiger partial charge is 0.338 e. The van der Waals surface area contributed by atoms with Crippen LogP contribution in [0.2, 0.25) is 0 Å². The second-order valence-corrected chi connectivity index (χ2v) is 7.88. The average molecular weight is 389 g/mol. The van der Waals surface area contributed by atoms with Gasteiger partial charge in [-0.05, 0) is 43.4 Å². The molecule has 1 aromatic rings. The van der Waals surface area contributed by atoms with Gasteiger partial charge in [-0.15, -0.1) is 0 Å². The van der Waals surface area contributed by atoms with Crippen molar-refractivity contribution in [2.75, 3.05) is 32.8 Å². The number of morpholine rings is 1. The van der Waals surface area contributed by atoms with Crippen LogP contribution in [-0.4, -0.2) is 55.7 Å². The lowest BCUT2D eigenvalue weighted by molar-refractivity contribution is -0.129. The summed E-state index contributed by atoms with van der Waals surface area (Å²) in [6.07, 6.45) is 5.34. The van der Waals surface area contributed by atoms with E-state index in [2.05, 4.69) is 10.2 Å². The van der Waals surface area contributed by atoms with Crippen molar-refractivity contribution < 1.29 is 19.1 Å². The molecule has 0 bridgehead atoms. The van der Waals surface area contributed by atoms with Gasteiger partial charge in [-0.2, -0.15) is 0 Å². The van der Waals surface area contributed by atoms with Gasteiger partial charge in [0, 0.05) is 26.2 Å². The van der Waals surface area contributed by atoms with Crippen LogP contribution in [0.3, 0.4) is 0 Å². The first-order chi connectivity index (χ1) is 13.6. The Balaban J connectivity index is 1.43. The summed E-state index contributed by atoms with van der Waals surface area (Å²) >= 11 is 0. The molecule has 1 amide bonds. The molecule has 1 heterocycles. The number of ether oxygens (including phenoxy) is 2. The number of amides is 1. The highest BCUT2D eigenvalue weighted by Crippen LogP contribution is 2.22. The topological polar surface area (TPSA) is 67.9 Å². The summed E-state index contributed by atoms with van der Waals surface area (Å²) < 4.78 is 10.7. The molecular formula is C22H32N2O4. The third-order valence-corrected chi connectivity index (χ3v) is 5.64. The predicted molar refractivity (Wildman–Crippen MR) is 107 cm³/mol. The highest BCUT2D eigenvalue weighted by Gasteiger charge is 2.21. The quantitative estimate of drug-likeness (QED) is 0.728. The fourth-order valence-corrected chi connectivity index (χ4v) is 3.83. The Kier molecular flexibility index (Phi) is 7.86. The molecule has 0 spiro atoms. The van der Waals surface area contributed by atoms with Gasteiger partial charge in [0.25, 0.3) is 5.91 Å². The average Bonchev–Trinajstić information content (AvgIpc) is 2.74. The molecule has 2 fully saturated rings. The van der Waals surface area contributed by atoms with Crippen molar-refractivity contribution in [3.8, 4) is 0 Å². The van der Waals surface area contributed by atoms with Crippen molar-refractivity contribution in [1.82, 2.24) is 10.2 Å². The van der Waals surface area contributed by atoms with E-state index in [9.17, 15) is 9.59 Å². The van der Waals surface area contributed by atoms with Crippen LogP contribution in [0, 0.1) is 5.92 Å². The number of carbonyl (C=O) groups is 2. The summed E-state index contributed by atoms with van der Waals surface area (Å²) in [6.45, 7) is 6.54. The number of rotatable bonds is 7. The van der Waals surface area contributed by atoms with Crippen LogP contribution in [0.15, 0.2) is 24.3 Å². The van der Waals surface area contributed by atoms with Gasteiger partial charge in [-0.25, -0.2) is 4.79 Å². The van der Waals surface area contributed by atoms with Crippen LogP contribution in [0.25, 0.3) is 0 Å². The van der Waals surface area contributed by atoms with Gasteiger partial charge in [-0.3, -0.25) is 9.69 Å². The lowest BCUT2D eigenvalue weighted by Gasteiger charge is -2.26. The molecule has 154 valence electrons. The summed E-state index contributed by atoms with van der Waals surface area (Å²) in [4.78, 5) is 26.9. The van der Waals surface area contributed by atoms with Crippen molar-refractivity contribution in [2.24, 2.45) is 5.92 Å². The molecule has 6 nitrogen and oxygen atoms in total. The van der Waals surface area contributed by atoms with E-state index in [0.29, 0.717) is 18.0 Å². The van der Waals surface area contributed by atoms with Crippen LogP contribution in [0.1, 0.15) is 54.9 Å². The molecule has 0 unspecified atom stereocenters. The van der Waals surface area contributed by atoms with Crippen molar-refractivity contribution in [2.45, 2.75) is 51.7 Å². The van der Waals surface area contributed by atoms with Crippen LogP contribution < -0.4 is 5.32 Å². The Morgan fingerprint density at radius 1 is 1.14 bits per heavy atom. The zero-order chi connectivity index (χ0) is 19.8. The number of carbonyl (C=O) groups excluding carboxylic acids is 2. The first kappa shape index (κ1) is 20.8. The maximum atomic E-state index is 12.3. The predicted octanol–water partition coefficient (Wildman–Crippen LogP) is 2.76. The van der Waals surface area contributed by atoms with Crippen LogP contribution >= 0.6 is 0 Å². The van der Waals surface area contributed by atoms with Gasteiger partial charge in [0.15, 0.2) is 6.10 Å². The number of hydrogen-bond acceptors (Lipinski definition) is 5. The second kappa shape index (κ2) is 10.6. The molecule has 0 aromatic heterocycles. The molecule has 2 aliphatic rings. The SMILES string of the molecule is C[C@@H](OC(=O)c1ccc(CN2CCOCC2)cc1)C(=O)NCC1CCCCC1. The first-order valence-electron chi connectivity index (χ1n) is 10.5. The Morgan fingerprint density at radius 2 is 1.82 bits per heavy atom. The highest BCUT2D eigenvalue weighted by molar-refractivity contribution is 5.92. The minimum atomic E-state index is -0.788. The van der Waals surface area contributed by atoms with Gasteiger partial charge in [0.05, 0.1) is 18.8 Å². The number of benzene rings is 1. The standard InChI is InChI=1S/C22H32N2O4/c1-17(21(25)23-15-18-5-3-2-4-6-18)28-22(26)20-9-7-19(8-10-20)16-24-11-13-27-14-12-24/h7-10,17-18H,2-6,11-16H2,1H3,(H,23,25)/t17-/m1/s1. The molecule has 3 rings (SSSR count). The molecule has 1 saturated carbocycles. The Morgan fingerprint density at radius 3 is 2.50 bits per heavy atom. The van der Waals surface area contributed by atoms with Crippen molar-refractivity contribution >= 4 is 11.9 Å². The lowest BCUT2D eigenvalue weighted by atomic mass is 9.89. The van der Waals surface area contributed by atoms with Crippen LogP contribution in [0.5, 0.6) is 0 Å². The Labute approximate surface area is 167 Å². The zero-order valence-electron chi connectivity index (χ0n) is 16.8. The Bertz CT molecular complexity index is 634. The maximum Gasteiger partial charge on any atom is 0.338 e. The molecule has 1 aliphatic heterocycles. The summed E-state index contributed by atoms with van der Waals surface area (Å²) in [5.41, 5.74) is 1.62. The molecular weight excluding hydrogens is 356 g/mol. The molecule has 1 aliphatic carbocycles. The molecule has 1 atom stereocenters. The van der Waals surface area contributed by atoms with Crippen molar-refractivity contribution in [1.29, 1.82) is 0 Å². The summed E-state index contributed by atoms with van der Waals surface area (Å²) in [5, 5.41) is 2.93. The van der Waals surface area contributed by atoms with E-state index in [1.54, 1.807) is 19.1 Å². The second-order valence-electron chi connectivity index (χ2n) is 7.88. The number of esters is 1. The fraction of sp³-hybridized carbons (Fsp3) is 0.636. The fourth-order valence-electron chi connectivity index (χ4n) is 3.83. The van der Waals surface area contributed by atoms with Crippen molar-refractivity contribution in [3.05, 3.63) is 35.4 Å².